The van der Waals surface area contributed by atoms with E-state index in [4.69, 9.17) is 0 Å². The normalized spacial score (nSPS) is 11.6. The van der Waals surface area contributed by atoms with Crippen LogP contribution in [0.15, 0.2) is 59.7 Å². The Balaban J connectivity index is 1.81. The highest BCUT2D eigenvalue weighted by Gasteiger charge is 2.13. The molecule has 23 heavy (non-hydrogen) atoms. The second-order valence-corrected chi connectivity index (χ2v) is 6.60. The molecule has 2 aromatic carbocycles. The first-order valence-electron chi connectivity index (χ1n) is 7.93. The van der Waals surface area contributed by atoms with E-state index in [0.29, 0.717) is 5.56 Å². The maximum atomic E-state index is 12.0. The molecular weight excluding hydrogens is 284 g/mol. The van der Waals surface area contributed by atoms with Gasteiger partial charge < -0.3 is 0 Å². The molecule has 3 heteroatoms. The summed E-state index contributed by atoms with van der Waals surface area (Å²) in [6, 6.07) is 17.9. The predicted molar refractivity (Wildman–Crippen MR) is 95.9 cm³/mol. The van der Waals surface area contributed by atoms with Gasteiger partial charge in [-0.1, -0.05) is 63.2 Å². The van der Waals surface area contributed by atoms with Gasteiger partial charge in [-0.05, 0) is 41.5 Å². The number of benzene rings is 2. The summed E-state index contributed by atoms with van der Waals surface area (Å²) >= 11 is 0. The average molecular weight is 308 g/mol. The molecule has 120 valence electrons. The topological polar surface area (TPSA) is 41.5 Å². The fraction of sp³-hybridized carbons (Fsp3) is 0.300. The average Bonchev–Trinajstić information content (AvgIpc) is 2.54. The minimum absolute atomic E-state index is 0.0879. The van der Waals surface area contributed by atoms with E-state index in [-0.39, 0.29) is 11.3 Å². The van der Waals surface area contributed by atoms with Gasteiger partial charge in [-0.15, -0.1) is 0 Å². The fourth-order valence-corrected chi connectivity index (χ4v) is 2.23. The van der Waals surface area contributed by atoms with Crippen LogP contribution in [0.2, 0.25) is 0 Å². The van der Waals surface area contributed by atoms with Crippen molar-refractivity contribution in [3.05, 3.63) is 71.3 Å². The van der Waals surface area contributed by atoms with Gasteiger partial charge in [-0.2, -0.15) is 5.10 Å². The molecule has 2 rings (SSSR count). The number of rotatable bonds is 5. The van der Waals surface area contributed by atoms with Gasteiger partial charge in [0.05, 0.1) is 0 Å². The first kappa shape index (κ1) is 16.9. The molecule has 2 aromatic rings. The molecule has 0 saturated carbocycles. The third-order valence-corrected chi connectivity index (χ3v) is 3.68. The number of hydrogen-bond donors (Lipinski definition) is 1. The number of hydrazone groups is 1. The van der Waals surface area contributed by atoms with E-state index in [0.717, 1.165) is 12.8 Å². The Morgan fingerprint density at radius 2 is 1.70 bits per heavy atom. The maximum Gasteiger partial charge on any atom is 0.271 e. The molecule has 0 atom stereocenters. The Hall–Kier alpha value is -2.42. The molecule has 0 unspecified atom stereocenters. The summed E-state index contributed by atoms with van der Waals surface area (Å²) in [6.45, 7) is 6.46. The first-order chi connectivity index (χ1) is 11.0. The van der Waals surface area contributed by atoms with Crippen LogP contribution in [-0.4, -0.2) is 12.1 Å². The Kier molecular flexibility index (Phi) is 5.69. The van der Waals surface area contributed by atoms with Crippen LogP contribution in [0.25, 0.3) is 0 Å². The van der Waals surface area contributed by atoms with Gasteiger partial charge in [-0.3, -0.25) is 4.79 Å². The van der Waals surface area contributed by atoms with E-state index >= 15 is 0 Å². The van der Waals surface area contributed by atoms with Crippen LogP contribution < -0.4 is 5.43 Å². The van der Waals surface area contributed by atoms with E-state index in [1.54, 1.807) is 6.21 Å². The Labute approximate surface area is 138 Å². The van der Waals surface area contributed by atoms with Crippen molar-refractivity contribution < 1.29 is 4.79 Å². The van der Waals surface area contributed by atoms with Crippen molar-refractivity contribution in [1.82, 2.24) is 5.43 Å². The van der Waals surface area contributed by atoms with Crippen molar-refractivity contribution in [1.29, 1.82) is 0 Å². The van der Waals surface area contributed by atoms with Crippen LogP contribution in [0, 0.1) is 0 Å². The summed E-state index contributed by atoms with van der Waals surface area (Å²) in [5.74, 6) is -0.179. The number of aryl methyl sites for hydroxylation is 1. The highest BCUT2D eigenvalue weighted by atomic mass is 16.2. The molecule has 0 bridgehead atoms. The zero-order valence-corrected chi connectivity index (χ0v) is 14.0. The number of amides is 1. The van der Waals surface area contributed by atoms with Gasteiger partial charge in [0.15, 0.2) is 0 Å². The number of nitrogens with one attached hydrogen (secondary N) is 1. The second-order valence-electron chi connectivity index (χ2n) is 6.60. The van der Waals surface area contributed by atoms with Crippen LogP contribution >= 0.6 is 0 Å². The van der Waals surface area contributed by atoms with Crippen molar-refractivity contribution in [2.75, 3.05) is 0 Å². The lowest BCUT2D eigenvalue weighted by Crippen LogP contribution is -2.18. The third kappa shape index (κ3) is 5.37. The van der Waals surface area contributed by atoms with Crippen molar-refractivity contribution in [3.63, 3.8) is 0 Å². The third-order valence-electron chi connectivity index (χ3n) is 3.68. The largest absolute Gasteiger partial charge is 0.271 e. The molecule has 1 N–H and O–H groups in total. The molecule has 3 nitrogen and oxygen atoms in total. The highest BCUT2D eigenvalue weighted by Crippen LogP contribution is 2.22. The number of carbonyl (C=O) groups excluding carboxylic acids is 1. The minimum Gasteiger partial charge on any atom is -0.267 e. The molecule has 0 aliphatic heterocycles. The van der Waals surface area contributed by atoms with Crippen molar-refractivity contribution in [2.24, 2.45) is 5.10 Å². The van der Waals surface area contributed by atoms with Crippen molar-refractivity contribution >= 4 is 12.1 Å². The monoisotopic (exact) mass is 308 g/mol. The Morgan fingerprint density at radius 1 is 1.04 bits per heavy atom. The Bertz CT molecular complexity index is 652. The van der Waals surface area contributed by atoms with Crippen LogP contribution in [0.5, 0.6) is 0 Å². The minimum atomic E-state index is -0.179. The maximum absolute atomic E-state index is 12.0. The molecule has 1 amide bonds. The predicted octanol–water partition coefficient (Wildman–Crippen LogP) is 4.33. The van der Waals surface area contributed by atoms with Crippen LogP contribution in [-0.2, 0) is 11.8 Å². The molecule has 0 radical (unpaired) electrons. The zero-order chi connectivity index (χ0) is 16.7. The van der Waals surface area contributed by atoms with Crippen LogP contribution in [0.3, 0.4) is 0 Å². The SMILES string of the molecule is CC(C)(C)c1ccc(C(=O)N/N=C\CCc2ccccc2)cc1. The van der Waals surface area contributed by atoms with E-state index in [1.807, 2.05) is 42.5 Å². The lowest BCUT2D eigenvalue weighted by molar-refractivity contribution is 0.0955. The molecule has 0 spiro atoms. The van der Waals surface area contributed by atoms with Gasteiger partial charge in [0.25, 0.3) is 5.91 Å². The molecule has 0 heterocycles. The van der Waals surface area contributed by atoms with E-state index in [9.17, 15) is 4.79 Å². The first-order valence-corrected chi connectivity index (χ1v) is 7.93. The number of hydrogen-bond acceptors (Lipinski definition) is 2. The summed E-state index contributed by atoms with van der Waals surface area (Å²) in [6.07, 6.45) is 3.46. The summed E-state index contributed by atoms with van der Waals surface area (Å²) < 4.78 is 0. The fourth-order valence-electron chi connectivity index (χ4n) is 2.23. The van der Waals surface area contributed by atoms with Crippen LogP contribution in [0.1, 0.15) is 48.7 Å². The van der Waals surface area contributed by atoms with Gasteiger partial charge >= 0.3 is 0 Å². The number of carbonyl (C=O) groups is 1. The molecule has 0 aromatic heterocycles. The van der Waals surface area contributed by atoms with Crippen molar-refractivity contribution in [2.45, 2.75) is 39.0 Å². The van der Waals surface area contributed by atoms with E-state index in [1.165, 1.54) is 11.1 Å². The lowest BCUT2D eigenvalue weighted by Gasteiger charge is -2.18. The van der Waals surface area contributed by atoms with Gasteiger partial charge in [0.2, 0.25) is 0 Å². The molecule has 0 aliphatic rings. The molecule has 0 saturated heterocycles. The van der Waals surface area contributed by atoms with Crippen LogP contribution in [0.4, 0.5) is 0 Å². The van der Waals surface area contributed by atoms with Gasteiger partial charge in [0.1, 0.15) is 0 Å². The summed E-state index contributed by atoms with van der Waals surface area (Å²) in [7, 11) is 0. The van der Waals surface area contributed by atoms with E-state index in [2.05, 4.69) is 43.4 Å². The molecule has 0 fully saturated rings. The molecule has 0 aliphatic carbocycles. The quantitative estimate of drug-likeness (QED) is 0.648. The van der Waals surface area contributed by atoms with Gasteiger partial charge in [0, 0.05) is 11.8 Å². The summed E-state index contributed by atoms with van der Waals surface area (Å²) in [5.41, 5.74) is 5.76. The smallest absolute Gasteiger partial charge is 0.267 e. The summed E-state index contributed by atoms with van der Waals surface area (Å²) in [4.78, 5) is 12.0. The standard InChI is InChI=1S/C20H24N2O/c1-20(2,3)18-13-11-17(12-14-18)19(23)22-21-15-7-10-16-8-5-4-6-9-16/h4-6,8-9,11-15H,7,10H2,1-3H3,(H,22,23)/b21-15-. The Morgan fingerprint density at radius 3 is 2.30 bits per heavy atom. The highest BCUT2D eigenvalue weighted by molar-refractivity contribution is 5.94. The second kappa shape index (κ2) is 7.73. The summed E-state index contributed by atoms with van der Waals surface area (Å²) in [5, 5.41) is 4.01. The van der Waals surface area contributed by atoms with E-state index < -0.39 is 0 Å². The van der Waals surface area contributed by atoms with Gasteiger partial charge in [-0.25, -0.2) is 5.43 Å². The number of nitrogens with zero attached hydrogens (tertiary/aromatic N) is 1. The lowest BCUT2D eigenvalue weighted by atomic mass is 9.87. The molecular formula is C20H24N2O. The van der Waals surface area contributed by atoms with Crippen molar-refractivity contribution in [3.8, 4) is 0 Å². The zero-order valence-electron chi connectivity index (χ0n) is 14.0.